The first-order valence-electron chi connectivity index (χ1n) is 10.5. The summed E-state index contributed by atoms with van der Waals surface area (Å²) in [5.41, 5.74) is 2.08. The molecule has 4 rings (SSSR count). The lowest BCUT2D eigenvalue weighted by atomic mass is 9.93. The number of nitrogens with one attached hydrogen (secondary N) is 1. The van der Waals surface area contributed by atoms with E-state index >= 15 is 0 Å². The summed E-state index contributed by atoms with van der Waals surface area (Å²) in [6, 6.07) is 7.75. The zero-order valence-electron chi connectivity index (χ0n) is 17.7. The monoisotopic (exact) mass is 418 g/mol. The van der Waals surface area contributed by atoms with Crippen LogP contribution < -0.4 is 10.1 Å². The van der Waals surface area contributed by atoms with Crippen LogP contribution in [0.4, 0.5) is 11.6 Å². The Bertz CT molecular complexity index is 1000. The molecule has 1 atom stereocenters. The number of aryl methyl sites for hydroxylation is 1. The molecule has 8 heteroatoms. The molecule has 1 amide bonds. The molecule has 3 aromatic rings. The topological polar surface area (TPSA) is 93.1 Å². The first-order valence-corrected chi connectivity index (χ1v) is 10.5. The van der Waals surface area contributed by atoms with Crippen LogP contribution in [0.2, 0.25) is 0 Å². The van der Waals surface area contributed by atoms with Crippen molar-refractivity contribution in [2.45, 2.75) is 38.7 Å². The van der Waals surface area contributed by atoms with Gasteiger partial charge in [0.25, 0.3) is 5.91 Å². The van der Waals surface area contributed by atoms with E-state index in [2.05, 4.69) is 20.3 Å². The average molecular weight is 419 g/mol. The molecule has 1 fully saturated rings. The number of nitrogens with zero attached hydrogens (tertiary/aromatic N) is 5. The van der Waals surface area contributed by atoms with Crippen LogP contribution in [0, 0.1) is 6.92 Å². The Balaban J connectivity index is 1.32. The maximum absolute atomic E-state index is 12.8. The van der Waals surface area contributed by atoms with Crippen LogP contribution in [-0.4, -0.2) is 49.9 Å². The SMILES string of the molecule is Cc1ccc(O[C@H](C)C(=O)N2CCC(c3cncc(Nc4cnccn4)n3)CC2)cc1. The standard InChI is InChI=1S/C23H26N6O2/c1-16-3-5-19(6-4-16)31-17(2)23(30)29-11-7-18(8-12-29)20-13-25-15-22(27-20)28-21-14-24-9-10-26-21/h3-6,9-10,13-15,17-18H,7-8,11-12H2,1-2H3,(H,26,27,28)/t17-/m1/s1. The van der Waals surface area contributed by atoms with E-state index in [4.69, 9.17) is 9.72 Å². The number of hydrogen-bond acceptors (Lipinski definition) is 7. The zero-order chi connectivity index (χ0) is 21.6. The Hall–Kier alpha value is -3.55. The Kier molecular flexibility index (Phi) is 6.35. The third kappa shape index (κ3) is 5.33. The summed E-state index contributed by atoms with van der Waals surface area (Å²) in [5.74, 6) is 2.24. The molecule has 0 spiro atoms. The molecule has 0 aliphatic carbocycles. The highest BCUT2D eigenvalue weighted by molar-refractivity contribution is 5.81. The number of piperidine rings is 1. The van der Waals surface area contributed by atoms with Gasteiger partial charge in [-0.2, -0.15) is 0 Å². The smallest absolute Gasteiger partial charge is 0.263 e. The van der Waals surface area contributed by atoms with Gasteiger partial charge in [0, 0.05) is 37.6 Å². The number of hydrogen-bond donors (Lipinski definition) is 1. The number of carbonyl (C=O) groups is 1. The lowest BCUT2D eigenvalue weighted by Gasteiger charge is -2.33. The van der Waals surface area contributed by atoms with Crippen LogP contribution in [-0.2, 0) is 4.79 Å². The Morgan fingerprint density at radius 2 is 1.81 bits per heavy atom. The summed E-state index contributed by atoms with van der Waals surface area (Å²) in [4.78, 5) is 31.9. The molecule has 31 heavy (non-hydrogen) atoms. The van der Waals surface area contributed by atoms with Gasteiger partial charge in [0.2, 0.25) is 0 Å². The molecule has 1 aliphatic rings. The lowest BCUT2D eigenvalue weighted by Crippen LogP contribution is -2.44. The van der Waals surface area contributed by atoms with Crippen LogP contribution in [0.1, 0.15) is 36.9 Å². The molecule has 3 heterocycles. The molecule has 0 bridgehead atoms. The van der Waals surface area contributed by atoms with E-state index in [0.717, 1.165) is 24.1 Å². The van der Waals surface area contributed by atoms with Crippen molar-refractivity contribution in [1.29, 1.82) is 0 Å². The molecule has 2 aromatic heterocycles. The second kappa shape index (κ2) is 9.51. The molecule has 160 valence electrons. The summed E-state index contributed by atoms with van der Waals surface area (Å²) in [6.07, 6.45) is 9.51. The number of likely N-dealkylation sites (tertiary alicyclic amines) is 1. The molecule has 1 N–H and O–H groups in total. The van der Waals surface area contributed by atoms with Crippen molar-refractivity contribution in [1.82, 2.24) is 24.8 Å². The number of benzene rings is 1. The second-order valence-electron chi connectivity index (χ2n) is 7.72. The molecule has 0 unspecified atom stereocenters. The predicted molar refractivity (Wildman–Crippen MR) is 117 cm³/mol. The highest BCUT2D eigenvalue weighted by Gasteiger charge is 2.28. The third-order valence-corrected chi connectivity index (χ3v) is 5.38. The molecular formula is C23H26N6O2. The Morgan fingerprint density at radius 1 is 1.06 bits per heavy atom. The van der Waals surface area contributed by atoms with Gasteiger partial charge >= 0.3 is 0 Å². The van der Waals surface area contributed by atoms with E-state index in [1.165, 1.54) is 0 Å². The van der Waals surface area contributed by atoms with Crippen LogP contribution in [0.15, 0.2) is 55.2 Å². The van der Waals surface area contributed by atoms with Crippen molar-refractivity contribution < 1.29 is 9.53 Å². The first-order chi connectivity index (χ1) is 15.1. The molecule has 1 aliphatic heterocycles. The molecule has 0 saturated carbocycles. The molecule has 0 radical (unpaired) electrons. The highest BCUT2D eigenvalue weighted by atomic mass is 16.5. The molecular weight excluding hydrogens is 392 g/mol. The first kappa shape index (κ1) is 20.7. The van der Waals surface area contributed by atoms with E-state index in [0.29, 0.717) is 30.5 Å². The van der Waals surface area contributed by atoms with Gasteiger partial charge in [0.05, 0.1) is 18.1 Å². The quantitative estimate of drug-likeness (QED) is 0.655. The fourth-order valence-electron chi connectivity index (χ4n) is 3.66. The molecule has 8 nitrogen and oxygen atoms in total. The minimum atomic E-state index is -0.515. The Labute approximate surface area is 181 Å². The van der Waals surface area contributed by atoms with Crippen LogP contribution in [0.5, 0.6) is 5.75 Å². The van der Waals surface area contributed by atoms with Gasteiger partial charge in [-0.25, -0.2) is 9.97 Å². The lowest BCUT2D eigenvalue weighted by molar-refractivity contribution is -0.139. The van der Waals surface area contributed by atoms with E-state index in [1.807, 2.05) is 36.1 Å². The van der Waals surface area contributed by atoms with Crippen molar-refractivity contribution in [2.75, 3.05) is 18.4 Å². The summed E-state index contributed by atoms with van der Waals surface area (Å²) in [7, 11) is 0. The second-order valence-corrected chi connectivity index (χ2v) is 7.72. The number of rotatable bonds is 6. The van der Waals surface area contributed by atoms with Crippen molar-refractivity contribution in [2.24, 2.45) is 0 Å². The summed E-state index contributed by atoms with van der Waals surface area (Å²) < 4.78 is 5.84. The maximum Gasteiger partial charge on any atom is 0.263 e. The van der Waals surface area contributed by atoms with E-state index in [9.17, 15) is 4.79 Å². The zero-order valence-corrected chi connectivity index (χ0v) is 17.7. The van der Waals surface area contributed by atoms with Crippen LogP contribution in [0.25, 0.3) is 0 Å². The van der Waals surface area contributed by atoms with Gasteiger partial charge in [0.1, 0.15) is 17.4 Å². The van der Waals surface area contributed by atoms with E-state index < -0.39 is 6.10 Å². The summed E-state index contributed by atoms with van der Waals surface area (Å²) in [5, 5.41) is 3.12. The van der Waals surface area contributed by atoms with Crippen molar-refractivity contribution >= 4 is 17.5 Å². The molecule has 1 saturated heterocycles. The third-order valence-electron chi connectivity index (χ3n) is 5.38. The fourth-order valence-corrected chi connectivity index (χ4v) is 3.66. The number of amides is 1. The van der Waals surface area contributed by atoms with Crippen molar-refractivity contribution in [3.63, 3.8) is 0 Å². The fraction of sp³-hybridized carbons (Fsp3) is 0.348. The highest BCUT2D eigenvalue weighted by Crippen LogP contribution is 2.28. The summed E-state index contributed by atoms with van der Waals surface area (Å²) in [6.45, 7) is 5.18. The van der Waals surface area contributed by atoms with Crippen molar-refractivity contribution in [3.05, 3.63) is 66.5 Å². The van der Waals surface area contributed by atoms with Gasteiger partial charge < -0.3 is 15.0 Å². The minimum Gasteiger partial charge on any atom is -0.481 e. The van der Waals surface area contributed by atoms with Crippen LogP contribution >= 0.6 is 0 Å². The van der Waals surface area contributed by atoms with Gasteiger partial charge in [-0.15, -0.1) is 0 Å². The van der Waals surface area contributed by atoms with E-state index in [-0.39, 0.29) is 11.8 Å². The van der Waals surface area contributed by atoms with Gasteiger partial charge in [0.15, 0.2) is 6.10 Å². The number of anilines is 2. The van der Waals surface area contributed by atoms with Crippen molar-refractivity contribution in [3.8, 4) is 5.75 Å². The number of carbonyl (C=O) groups excluding carboxylic acids is 1. The van der Waals surface area contributed by atoms with Gasteiger partial charge in [-0.1, -0.05) is 17.7 Å². The van der Waals surface area contributed by atoms with Gasteiger partial charge in [-0.05, 0) is 38.8 Å². The minimum absolute atomic E-state index is 0.0168. The van der Waals surface area contributed by atoms with Crippen LogP contribution in [0.3, 0.4) is 0 Å². The Morgan fingerprint density at radius 3 is 2.52 bits per heavy atom. The predicted octanol–water partition coefficient (Wildman–Crippen LogP) is 3.49. The number of ether oxygens (including phenoxy) is 1. The summed E-state index contributed by atoms with van der Waals surface area (Å²) >= 11 is 0. The largest absolute Gasteiger partial charge is 0.481 e. The van der Waals surface area contributed by atoms with Gasteiger partial charge in [-0.3, -0.25) is 14.8 Å². The number of aromatic nitrogens is 4. The maximum atomic E-state index is 12.8. The molecule has 1 aromatic carbocycles. The average Bonchev–Trinajstić information content (AvgIpc) is 2.81. The normalized spacial score (nSPS) is 15.4. The van der Waals surface area contributed by atoms with E-state index in [1.54, 1.807) is 37.9 Å².